The van der Waals surface area contributed by atoms with E-state index < -0.39 is 54.8 Å². The van der Waals surface area contributed by atoms with Crippen molar-refractivity contribution in [2.45, 2.75) is 163 Å². The lowest BCUT2D eigenvalue weighted by Gasteiger charge is -2.72. The Morgan fingerprint density at radius 1 is 0.855 bits per heavy atom. The van der Waals surface area contributed by atoms with Crippen LogP contribution in [0.3, 0.4) is 0 Å². The predicted molar refractivity (Wildman–Crippen MR) is 256 cm³/mol. The molecule has 6 fully saturated rings. The van der Waals surface area contributed by atoms with Crippen LogP contribution in [0.25, 0.3) is 11.3 Å². The first kappa shape index (κ1) is 50.1. The molecule has 0 unspecified atom stereocenters. The van der Waals surface area contributed by atoms with E-state index in [0.717, 1.165) is 60.8 Å². The first-order valence-electron chi connectivity index (χ1n) is 24.9. The maximum absolute atomic E-state index is 14.8. The summed E-state index contributed by atoms with van der Waals surface area (Å²) in [6.45, 7) is 19.0. The molecule has 1 aromatic heterocycles. The van der Waals surface area contributed by atoms with Crippen LogP contribution in [0.4, 0.5) is 0 Å². The number of halogens is 1. The van der Waals surface area contributed by atoms with E-state index in [4.69, 9.17) is 20.9 Å². The number of carboxylic acids is 1. The largest absolute Gasteiger partial charge is 0.481 e. The fraction of sp³-hybridized carbons (Fsp3) is 0.692. The van der Waals surface area contributed by atoms with Gasteiger partial charge < -0.3 is 30.3 Å². The quantitative estimate of drug-likeness (QED) is 0.0993. The van der Waals surface area contributed by atoms with Crippen molar-refractivity contribution in [3.63, 3.8) is 0 Å². The topological polar surface area (TPSA) is 223 Å². The van der Waals surface area contributed by atoms with Gasteiger partial charge in [0.2, 0.25) is 5.91 Å². The highest BCUT2D eigenvalue weighted by Crippen LogP contribution is 2.76. The number of rotatable bonds is 12. The number of amides is 2. The number of carbonyl (C=O) groups is 5. The molecule has 7 aliphatic rings. The molecule has 0 aliphatic heterocycles. The highest BCUT2D eigenvalue weighted by molar-refractivity contribution is 7.46. The summed E-state index contributed by atoms with van der Waals surface area (Å²) in [6.07, 6.45) is 7.75. The number of Topliss-reactive ketones (excluding diaryl/α,β-unsaturated/α-hetero) is 1. The molecule has 0 radical (unpaired) electrons. The minimum atomic E-state index is -4.94. The van der Waals surface area contributed by atoms with E-state index in [-0.39, 0.29) is 69.4 Å². The second-order valence-corrected chi connectivity index (χ2v) is 25.9. The van der Waals surface area contributed by atoms with Crippen molar-refractivity contribution in [3.8, 4) is 11.3 Å². The van der Waals surface area contributed by atoms with Crippen LogP contribution in [0, 0.1) is 62.6 Å². The van der Waals surface area contributed by atoms with Crippen LogP contribution in [-0.2, 0) is 39.7 Å². The Morgan fingerprint density at radius 3 is 2.14 bits per heavy atom. The maximum Gasteiger partial charge on any atom is 0.471 e. The number of ether oxygens (including phenoxy) is 1. The van der Waals surface area contributed by atoms with Crippen LogP contribution in [0.5, 0.6) is 0 Å². The van der Waals surface area contributed by atoms with Crippen molar-refractivity contribution in [1.82, 2.24) is 20.4 Å². The number of aliphatic carboxylic acids is 1. The smallest absolute Gasteiger partial charge is 0.471 e. The van der Waals surface area contributed by atoms with Gasteiger partial charge in [0, 0.05) is 22.4 Å². The van der Waals surface area contributed by atoms with Gasteiger partial charge in [-0.1, -0.05) is 86.0 Å². The minimum Gasteiger partial charge on any atom is -0.481 e. The van der Waals surface area contributed by atoms with Gasteiger partial charge in [0.15, 0.2) is 12.5 Å². The van der Waals surface area contributed by atoms with E-state index >= 15 is 0 Å². The average molecular weight is 994 g/mol. The fourth-order valence-corrected chi connectivity index (χ4v) is 16.0. The molecule has 69 heavy (non-hydrogen) atoms. The molecule has 0 spiro atoms. The van der Waals surface area contributed by atoms with Gasteiger partial charge in [-0.25, -0.2) is 9.25 Å². The van der Waals surface area contributed by atoms with Crippen molar-refractivity contribution in [1.29, 1.82) is 0 Å². The molecule has 15 nitrogen and oxygen atoms in total. The summed E-state index contributed by atoms with van der Waals surface area (Å²) in [6, 6.07) is 8.19. The van der Waals surface area contributed by atoms with Crippen LogP contribution >= 0.6 is 19.4 Å². The first-order chi connectivity index (χ1) is 32.0. The van der Waals surface area contributed by atoms with Crippen molar-refractivity contribution in [2.75, 3.05) is 0 Å². The molecule has 1 aromatic carbocycles. The van der Waals surface area contributed by atoms with Crippen molar-refractivity contribution >= 4 is 49.0 Å². The second-order valence-electron chi connectivity index (χ2n) is 24.2. The minimum absolute atomic E-state index is 0.0372. The number of phosphoric ester groups is 1. The normalized spacial score (nSPS) is 36.0. The van der Waals surface area contributed by atoms with E-state index in [1.165, 1.54) is 6.07 Å². The highest BCUT2D eigenvalue weighted by atomic mass is 35.5. The average Bonchev–Trinajstić information content (AvgIpc) is 3.79. The summed E-state index contributed by atoms with van der Waals surface area (Å²) in [7, 11) is -4.94. The van der Waals surface area contributed by atoms with Crippen LogP contribution in [0.2, 0.25) is 5.02 Å². The van der Waals surface area contributed by atoms with Crippen LogP contribution in [0.1, 0.15) is 150 Å². The second kappa shape index (κ2) is 16.6. The molecule has 2 aromatic rings. The van der Waals surface area contributed by atoms with Crippen molar-refractivity contribution < 1.29 is 52.7 Å². The Bertz CT molecular complexity index is 2580. The van der Waals surface area contributed by atoms with Gasteiger partial charge in [0.1, 0.15) is 17.3 Å². The summed E-state index contributed by atoms with van der Waals surface area (Å²) >= 11 is 6.10. The van der Waals surface area contributed by atoms with E-state index in [9.17, 15) is 43.4 Å². The third-order valence-corrected chi connectivity index (χ3v) is 20.6. The summed E-state index contributed by atoms with van der Waals surface area (Å²) in [5, 5.41) is 21.0. The monoisotopic (exact) mass is 992 g/mol. The van der Waals surface area contributed by atoms with E-state index in [2.05, 4.69) is 64.2 Å². The summed E-state index contributed by atoms with van der Waals surface area (Å²) in [5.41, 5.74) is -0.705. The molecule has 10 atom stereocenters. The Hall–Kier alpha value is -3.88. The Morgan fingerprint density at radius 2 is 1.54 bits per heavy atom. The number of benzene rings is 1. The van der Waals surface area contributed by atoms with E-state index in [0.29, 0.717) is 53.8 Å². The number of nitrogens with zero attached hydrogens (tertiary/aromatic N) is 2. The van der Waals surface area contributed by atoms with Gasteiger partial charge in [0.05, 0.1) is 23.1 Å². The third kappa shape index (κ3) is 7.89. The maximum atomic E-state index is 14.8. The Balaban J connectivity index is 0.951. The van der Waals surface area contributed by atoms with Gasteiger partial charge in [0.25, 0.3) is 5.91 Å². The number of nitrogens with one attached hydrogen (secondary N) is 2. The van der Waals surface area contributed by atoms with E-state index in [1.807, 2.05) is 13.8 Å². The number of fused-ring (bicyclic) bond motifs is 7. The van der Waals surface area contributed by atoms with E-state index in [1.54, 1.807) is 24.3 Å². The summed E-state index contributed by atoms with van der Waals surface area (Å²) in [5.74, 6) is -2.46. The predicted octanol–water partition coefficient (Wildman–Crippen LogP) is 9.04. The number of hydrogen-bond donors (Lipinski definition) is 5. The zero-order chi connectivity index (χ0) is 50.2. The summed E-state index contributed by atoms with van der Waals surface area (Å²) < 4.78 is 23.9. The first-order valence-corrected chi connectivity index (χ1v) is 26.8. The molecule has 7 aliphatic carbocycles. The molecular weight excluding hydrogens is 923 g/mol. The van der Waals surface area contributed by atoms with Gasteiger partial charge in [-0.3, -0.25) is 28.5 Å². The zero-order valence-electron chi connectivity index (χ0n) is 41.4. The number of hydrogen-bond acceptors (Lipinski definition) is 9. The standard InChI is InChI=1S/C52H70ClN4O11P/c1-28(2)40-36(58)26-52(55-45(63)51(22-23-51)54-42(59)35-25-34(29-10-12-30(53)13-11-29)56-57(35)27-67-69(64,65)66)21-20-49(8)31(41(40)52)14-15-38-48(7)18-17-39(47(5,6)37(48)16-19-50(38,49)9)68-44(62)33-24-32(43(60)61)46(33,3)4/h10-13,25,28,31-33,37-39H,14-24,26-27H2,1-9H3,(H,54,59)(H,55,63)(H,60,61)(H2,64,65,66)/t31-,32+,33-,37+,38-,39+,48+,49-,50-,52-/m1/s1. The number of phosphoric acid groups is 1. The Labute approximate surface area is 409 Å². The summed E-state index contributed by atoms with van der Waals surface area (Å²) in [4.78, 5) is 87.9. The molecular formula is C52H70ClN4O11P. The van der Waals surface area contributed by atoms with Gasteiger partial charge in [-0.2, -0.15) is 5.10 Å². The van der Waals surface area contributed by atoms with Crippen LogP contribution in [0.15, 0.2) is 41.5 Å². The lowest BCUT2D eigenvalue weighted by Crippen LogP contribution is -2.68. The molecule has 5 N–H and O–H groups in total. The van der Waals surface area contributed by atoms with Gasteiger partial charge >= 0.3 is 19.8 Å². The van der Waals surface area contributed by atoms with Crippen molar-refractivity contribution in [2.24, 2.45) is 62.6 Å². The number of ketones is 1. The molecule has 2 amide bonds. The number of allylic oxidation sites excluding steroid dienone is 1. The zero-order valence-corrected chi connectivity index (χ0v) is 43.1. The highest BCUT2D eigenvalue weighted by Gasteiger charge is 2.71. The van der Waals surface area contributed by atoms with Crippen LogP contribution in [-0.4, -0.2) is 71.4 Å². The lowest BCUT2D eigenvalue weighted by molar-refractivity contribution is -0.235. The number of carbonyl (C=O) groups excluding carboxylic acids is 4. The number of esters is 1. The van der Waals surface area contributed by atoms with Crippen molar-refractivity contribution in [3.05, 3.63) is 52.2 Å². The molecule has 0 saturated heterocycles. The molecule has 6 saturated carbocycles. The number of carboxylic acid groups (broad SMARTS) is 1. The fourth-order valence-electron chi connectivity index (χ4n) is 15.6. The van der Waals surface area contributed by atoms with Crippen LogP contribution < -0.4 is 10.6 Å². The van der Waals surface area contributed by atoms with Gasteiger partial charge in [-0.15, -0.1) is 0 Å². The molecule has 9 rings (SSSR count). The van der Waals surface area contributed by atoms with Gasteiger partial charge in [-0.05, 0) is 145 Å². The third-order valence-electron chi connectivity index (χ3n) is 19.9. The molecule has 17 heteroatoms. The Kier molecular flexibility index (Phi) is 12.0. The SMILES string of the molecule is CC(C)C1=C2[C@H]3CC[C@@H]4[C@@]5(C)CC[C@H](OC(=O)[C@H]6C[C@@H](C(=O)O)C6(C)C)C(C)(C)[C@@H]5CC[C@@]4(C)[C@]3(C)CC[C@@]2(NC(=O)C2(NC(=O)c3cc(-c4ccc(Cl)cc4)nn3COP(=O)(O)O)CC2)CC1=O. The lowest BCUT2D eigenvalue weighted by atomic mass is 9.33. The molecule has 0 bridgehead atoms. The molecule has 1 heterocycles. The molecule has 376 valence electrons. The number of aromatic nitrogens is 2.